The molecule has 2 aliphatic heterocycles. The first kappa shape index (κ1) is 17.7. The van der Waals surface area contributed by atoms with Crippen molar-refractivity contribution < 1.29 is 22.7 Å². The first-order chi connectivity index (χ1) is 12.8. The van der Waals surface area contributed by atoms with Crippen LogP contribution in [0.1, 0.15) is 6.42 Å². The van der Waals surface area contributed by atoms with Crippen LogP contribution in [0.5, 0.6) is 5.75 Å². The maximum absolute atomic E-state index is 15.0. The van der Waals surface area contributed by atoms with Crippen LogP contribution in [0.3, 0.4) is 0 Å². The number of phenols is 1. The van der Waals surface area contributed by atoms with Crippen LogP contribution in [0.15, 0.2) is 18.2 Å². The number of carbonyl (C=O) groups is 1. The second-order valence-corrected chi connectivity index (χ2v) is 8.08. The lowest BCUT2D eigenvalue weighted by atomic mass is 10.1. The van der Waals surface area contributed by atoms with E-state index in [-0.39, 0.29) is 5.52 Å². The first-order valence-corrected chi connectivity index (χ1v) is 9.91. The number of carbonyl (C=O) groups excluding carboxylic acids is 1. The van der Waals surface area contributed by atoms with Crippen LogP contribution in [-0.4, -0.2) is 62.0 Å². The lowest BCUT2D eigenvalue weighted by Gasteiger charge is -2.30. The molecule has 0 saturated carbocycles. The van der Waals surface area contributed by atoms with Gasteiger partial charge in [0.15, 0.2) is 5.82 Å². The zero-order valence-electron chi connectivity index (χ0n) is 14.3. The van der Waals surface area contributed by atoms with Crippen LogP contribution < -0.4 is 14.3 Å². The molecular weight excluding hydrogens is 377 g/mol. The number of pyridine rings is 1. The fraction of sp³-hybridized carbons (Fsp3) is 0.375. The third-order valence-corrected chi connectivity index (χ3v) is 6.01. The third kappa shape index (κ3) is 3.23. The van der Waals surface area contributed by atoms with E-state index in [1.54, 1.807) is 16.9 Å². The Kier molecular flexibility index (Phi) is 4.27. The molecule has 0 spiro atoms. The normalized spacial score (nSPS) is 19.1. The summed E-state index contributed by atoms with van der Waals surface area (Å²) in [5, 5.41) is 13.6. The summed E-state index contributed by atoms with van der Waals surface area (Å²) >= 11 is 0. The van der Waals surface area contributed by atoms with E-state index in [4.69, 9.17) is 0 Å². The van der Waals surface area contributed by atoms with Crippen LogP contribution in [0.25, 0.3) is 10.9 Å². The van der Waals surface area contributed by atoms with Gasteiger partial charge in [-0.1, -0.05) is 0 Å². The summed E-state index contributed by atoms with van der Waals surface area (Å²) in [6.45, 7) is 3.03. The number of aromatic hydroxyl groups is 1. The fourth-order valence-corrected chi connectivity index (χ4v) is 4.30. The highest BCUT2D eigenvalue weighted by Gasteiger charge is 2.38. The van der Waals surface area contributed by atoms with Gasteiger partial charge in [-0.05, 0) is 37.7 Å². The summed E-state index contributed by atoms with van der Waals surface area (Å²) in [7, 11) is -4.25. The van der Waals surface area contributed by atoms with Gasteiger partial charge >= 0.3 is 10.2 Å². The van der Waals surface area contributed by atoms with Crippen molar-refractivity contribution in [1.29, 1.82) is 0 Å². The monoisotopic (exact) mass is 395 g/mol. The van der Waals surface area contributed by atoms with Gasteiger partial charge in [0.1, 0.15) is 29.3 Å². The second kappa shape index (κ2) is 6.50. The Hall–Kier alpha value is -2.66. The predicted octanol–water partition coefficient (Wildman–Crippen LogP) is 0.378. The summed E-state index contributed by atoms with van der Waals surface area (Å²) in [5.74, 6) is -1.95. The van der Waals surface area contributed by atoms with Gasteiger partial charge < -0.3 is 15.3 Å². The van der Waals surface area contributed by atoms with Crippen molar-refractivity contribution in [2.75, 3.05) is 42.3 Å². The van der Waals surface area contributed by atoms with E-state index in [0.29, 0.717) is 22.1 Å². The van der Waals surface area contributed by atoms with Crippen molar-refractivity contribution in [3.8, 4) is 5.75 Å². The maximum atomic E-state index is 15.0. The number of phenolic OH excluding ortho intramolecular Hbond substituents is 1. The lowest BCUT2D eigenvalue weighted by Crippen LogP contribution is -2.40. The van der Waals surface area contributed by atoms with Crippen molar-refractivity contribution in [2.45, 2.75) is 6.42 Å². The van der Waals surface area contributed by atoms with Gasteiger partial charge in [0.25, 0.3) is 5.91 Å². The molecule has 9 nitrogen and oxygen atoms in total. The molecule has 1 amide bonds. The Morgan fingerprint density at radius 1 is 1.33 bits per heavy atom. The second-order valence-electron chi connectivity index (χ2n) is 6.49. The molecule has 27 heavy (non-hydrogen) atoms. The third-order valence-electron chi connectivity index (χ3n) is 4.63. The Balaban J connectivity index is 1.67. The molecule has 0 unspecified atom stereocenters. The summed E-state index contributed by atoms with van der Waals surface area (Å²) in [5.41, 5.74) is -0.683. The Morgan fingerprint density at radius 3 is 2.74 bits per heavy atom. The highest BCUT2D eigenvalue weighted by Crippen LogP contribution is 2.37. The Bertz CT molecular complexity index is 1030. The highest BCUT2D eigenvalue weighted by molar-refractivity contribution is 7.92. The minimum atomic E-state index is -4.25. The van der Waals surface area contributed by atoms with Gasteiger partial charge in [0, 0.05) is 18.5 Å². The molecular formula is C16H18FN5O4S. The molecule has 0 atom stereocenters. The number of likely N-dealkylation sites (tertiary alicyclic amines) is 1. The number of benzene rings is 1. The molecule has 144 valence electrons. The summed E-state index contributed by atoms with van der Waals surface area (Å²) in [4.78, 5) is 17.9. The summed E-state index contributed by atoms with van der Waals surface area (Å²) in [6, 6.07) is 4.47. The molecule has 3 heterocycles. The summed E-state index contributed by atoms with van der Waals surface area (Å²) < 4.78 is 41.3. The average Bonchev–Trinajstić information content (AvgIpc) is 2.82. The number of rotatable bonds is 5. The van der Waals surface area contributed by atoms with Gasteiger partial charge in [0.2, 0.25) is 0 Å². The quantitative estimate of drug-likeness (QED) is 0.670. The topological polar surface area (TPSA) is 115 Å². The van der Waals surface area contributed by atoms with Gasteiger partial charge in [-0.3, -0.25) is 4.79 Å². The molecule has 1 aromatic carbocycles. The molecule has 2 saturated heterocycles. The van der Waals surface area contributed by atoms with Gasteiger partial charge in [-0.2, -0.15) is 8.42 Å². The lowest BCUT2D eigenvalue weighted by molar-refractivity contribution is -0.117. The average molecular weight is 395 g/mol. The number of nitrogens with zero attached hydrogens (tertiary/aromatic N) is 3. The molecule has 2 fully saturated rings. The van der Waals surface area contributed by atoms with E-state index in [1.165, 1.54) is 12.5 Å². The zero-order chi connectivity index (χ0) is 19.2. The van der Waals surface area contributed by atoms with Crippen LogP contribution in [0.4, 0.5) is 15.9 Å². The largest absolute Gasteiger partial charge is 0.506 e. The summed E-state index contributed by atoms with van der Waals surface area (Å²) in [6.07, 6.45) is 1.20. The van der Waals surface area contributed by atoms with Crippen LogP contribution in [0, 0.1) is 5.82 Å². The first-order valence-electron chi connectivity index (χ1n) is 8.47. The van der Waals surface area contributed by atoms with E-state index >= 15 is 4.39 Å². The highest BCUT2D eigenvalue weighted by atomic mass is 32.2. The number of hydrogen-bond donors (Lipinski definition) is 3. The van der Waals surface area contributed by atoms with E-state index in [9.17, 15) is 18.3 Å². The molecule has 0 radical (unpaired) electrons. The van der Waals surface area contributed by atoms with Crippen molar-refractivity contribution in [3.05, 3.63) is 24.0 Å². The SMILES string of the molecule is O=C1CN(c2c(O)cc3ccc(NCCN4CCC4)nc3c2F)S(=O)(=O)N1. The molecule has 0 bridgehead atoms. The van der Waals surface area contributed by atoms with Gasteiger partial charge in [-0.15, -0.1) is 0 Å². The smallest absolute Gasteiger partial charge is 0.326 e. The Morgan fingerprint density at radius 2 is 2.11 bits per heavy atom. The van der Waals surface area contributed by atoms with E-state index in [2.05, 4.69) is 15.2 Å². The molecule has 2 aromatic rings. The van der Waals surface area contributed by atoms with E-state index in [1.807, 2.05) is 0 Å². The fourth-order valence-electron chi connectivity index (χ4n) is 3.13. The number of anilines is 2. The van der Waals surface area contributed by atoms with Crippen molar-refractivity contribution in [3.63, 3.8) is 0 Å². The van der Waals surface area contributed by atoms with Gasteiger partial charge in [0.05, 0.1) is 0 Å². The van der Waals surface area contributed by atoms with Crippen LogP contribution in [-0.2, 0) is 15.0 Å². The Labute approximate surface area is 155 Å². The number of aromatic nitrogens is 1. The number of amides is 1. The number of nitrogens with one attached hydrogen (secondary N) is 2. The number of fused-ring (bicyclic) bond motifs is 1. The molecule has 4 rings (SSSR count). The molecule has 1 aromatic heterocycles. The van der Waals surface area contributed by atoms with Crippen molar-refractivity contribution in [1.82, 2.24) is 14.6 Å². The molecule has 0 aliphatic carbocycles. The van der Waals surface area contributed by atoms with Crippen molar-refractivity contribution >= 4 is 38.5 Å². The van der Waals surface area contributed by atoms with Gasteiger partial charge in [-0.25, -0.2) is 18.4 Å². The minimum absolute atomic E-state index is 0.0914. The standard InChI is InChI=1S/C16H18FN5O4S/c17-14-15-10(2-3-12(19-15)18-4-7-21-5-1-6-21)8-11(23)16(14)22-9-13(24)20-27(22,25)26/h2-3,8,23H,1,4-7,9H2,(H,18,19)(H,20,24). The zero-order valence-corrected chi connectivity index (χ0v) is 15.1. The van der Waals surface area contributed by atoms with Crippen molar-refractivity contribution in [2.24, 2.45) is 0 Å². The maximum Gasteiger partial charge on any atom is 0.326 e. The van der Waals surface area contributed by atoms with Crippen LogP contribution in [0.2, 0.25) is 0 Å². The molecule has 2 aliphatic rings. The minimum Gasteiger partial charge on any atom is -0.506 e. The molecule has 3 N–H and O–H groups in total. The molecule has 11 heteroatoms. The van der Waals surface area contributed by atoms with E-state index < -0.39 is 39.9 Å². The number of halogens is 1. The van der Waals surface area contributed by atoms with E-state index in [0.717, 1.165) is 19.6 Å². The number of hydrogen-bond acceptors (Lipinski definition) is 7. The predicted molar refractivity (Wildman–Crippen MR) is 97.3 cm³/mol. The van der Waals surface area contributed by atoms with Crippen LogP contribution >= 0.6 is 0 Å².